The van der Waals surface area contributed by atoms with Crippen LogP contribution in [-0.4, -0.2) is 67.6 Å². The minimum absolute atomic E-state index is 0.00769. The van der Waals surface area contributed by atoms with Gasteiger partial charge in [-0.1, -0.05) is 6.07 Å². The number of hydrogen-bond acceptors (Lipinski definition) is 6. The van der Waals surface area contributed by atoms with Crippen molar-refractivity contribution in [1.29, 1.82) is 0 Å². The first-order valence-corrected chi connectivity index (χ1v) is 13.6. The molecule has 2 saturated heterocycles. The average molecular weight is 555 g/mol. The predicted molar refractivity (Wildman–Crippen MR) is 147 cm³/mol. The number of amides is 2. The Kier molecular flexibility index (Phi) is 5.77. The highest BCUT2D eigenvalue weighted by atomic mass is 19.1. The highest BCUT2D eigenvalue weighted by Crippen LogP contribution is 2.36. The van der Waals surface area contributed by atoms with Gasteiger partial charge >= 0.3 is 5.97 Å². The summed E-state index contributed by atoms with van der Waals surface area (Å²) in [5.74, 6) is -1.88. The van der Waals surface area contributed by atoms with Gasteiger partial charge in [-0.15, -0.1) is 0 Å². The molecule has 208 valence electrons. The summed E-state index contributed by atoms with van der Waals surface area (Å²) in [5, 5.41) is 16.8. The van der Waals surface area contributed by atoms with Gasteiger partial charge in [-0.3, -0.25) is 9.59 Å². The molecular formula is C30H27FN6O4. The van der Waals surface area contributed by atoms with Gasteiger partial charge in [-0.25, -0.2) is 18.7 Å². The van der Waals surface area contributed by atoms with E-state index in [1.807, 2.05) is 4.90 Å². The molecule has 4 aromatic rings. The summed E-state index contributed by atoms with van der Waals surface area (Å²) in [7, 11) is 0. The monoisotopic (exact) mass is 554 g/mol. The van der Waals surface area contributed by atoms with E-state index in [4.69, 9.17) is 0 Å². The molecule has 2 aromatic carbocycles. The number of rotatable bonds is 5. The third-order valence-corrected chi connectivity index (χ3v) is 8.70. The van der Waals surface area contributed by atoms with Gasteiger partial charge in [0.1, 0.15) is 17.2 Å². The number of benzene rings is 2. The molecule has 2 bridgehead atoms. The van der Waals surface area contributed by atoms with E-state index in [1.165, 1.54) is 28.9 Å². The molecule has 2 aliphatic heterocycles. The fraction of sp³-hybridized carbons (Fsp3) is 0.300. The van der Waals surface area contributed by atoms with E-state index in [2.05, 4.69) is 20.3 Å². The van der Waals surface area contributed by atoms with E-state index in [-0.39, 0.29) is 46.8 Å². The molecule has 0 saturated carbocycles. The minimum Gasteiger partial charge on any atom is -0.478 e. The van der Waals surface area contributed by atoms with Crippen LogP contribution < -0.4 is 10.2 Å². The number of carboxylic acid groups (broad SMARTS) is 1. The van der Waals surface area contributed by atoms with Gasteiger partial charge in [0, 0.05) is 37.0 Å². The van der Waals surface area contributed by atoms with Crippen LogP contribution in [0.1, 0.15) is 66.9 Å². The Labute approximate surface area is 234 Å². The number of anilines is 1. The SMILES string of the molecule is Cc1c(C(=O)O)ccc2c1CC[C@@H]2NC(=O)c1cc(C(=O)N2C[C@H]3C[C@@H]2CN3c2ccc(F)cc2)nc2ccnn12. The zero-order chi connectivity index (χ0) is 28.4. The van der Waals surface area contributed by atoms with Gasteiger partial charge in [-0.2, -0.15) is 5.10 Å². The van der Waals surface area contributed by atoms with Crippen LogP contribution in [0.3, 0.4) is 0 Å². The number of carboxylic acids is 1. The number of piperazine rings is 1. The zero-order valence-electron chi connectivity index (χ0n) is 22.2. The minimum atomic E-state index is -0.970. The molecule has 41 heavy (non-hydrogen) atoms. The molecule has 2 amide bonds. The van der Waals surface area contributed by atoms with Crippen LogP contribution in [0, 0.1) is 12.7 Å². The fourth-order valence-corrected chi connectivity index (χ4v) is 6.69. The van der Waals surface area contributed by atoms with Crippen molar-refractivity contribution in [3.05, 3.63) is 94.2 Å². The Morgan fingerprint density at radius 1 is 1.05 bits per heavy atom. The molecule has 0 radical (unpaired) electrons. The maximum absolute atomic E-state index is 13.7. The number of hydrogen-bond donors (Lipinski definition) is 2. The molecule has 0 spiro atoms. The molecule has 4 heterocycles. The number of aromatic nitrogens is 3. The number of nitrogens with one attached hydrogen (secondary N) is 1. The summed E-state index contributed by atoms with van der Waals surface area (Å²) >= 11 is 0. The third-order valence-electron chi connectivity index (χ3n) is 8.70. The van der Waals surface area contributed by atoms with Crippen molar-refractivity contribution < 1.29 is 23.9 Å². The summed E-state index contributed by atoms with van der Waals surface area (Å²) < 4.78 is 14.8. The van der Waals surface area contributed by atoms with Gasteiger partial charge in [0.2, 0.25) is 0 Å². The highest BCUT2D eigenvalue weighted by Gasteiger charge is 2.46. The van der Waals surface area contributed by atoms with Crippen molar-refractivity contribution in [2.45, 2.75) is 44.3 Å². The molecule has 0 unspecified atom stereocenters. The van der Waals surface area contributed by atoms with Crippen LogP contribution in [0.15, 0.2) is 54.7 Å². The van der Waals surface area contributed by atoms with Crippen molar-refractivity contribution in [2.24, 2.45) is 0 Å². The molecule has 1 aliphatic carbocycles. The predicted octanol–water partition coefficient (Wildman–Crippen LogP) is 3.40. The zero-order valence-corrected chi connectivity index (χ0v) is 22.2. The molecule has 10 nitrogen and oxygen atoms in total. The Balaban J connectivity index is 1.12. The molecule has 3 aliphatic rings. The number of halogens is 1. The standard InChI is InChI=1S/C30H27FN6O4/c1-16-21-8-9-24(23(21)7-6-22(16)30(40)41)34-28(38)26-13-25(33-27-10-11-32-37(26)27)29(39)36-15-19-12-20(36)14-35(19)18-4-2-17(31)3-5-18/h2-7,10-11,13,19-20,24H,8-9,12,14-15H2,1H3,(H,34,38)(H,40,41)/t19-,20-,24+/m1/s1. The molecule has 3 atom stereocenters. The summed E-state index contributed by atoms with van der Waals surface area (Å²) in [6.45, 7) is 2.96. The Morgan fingerprint density at radius 2 is 1.85 bits per heavy atom. The number of carbonyl (C=O) groups excluding carboxylic acids is 2. The van der Waals surface area contributed by atoms with E-state index in [0.717, 1.165) is 28.8 Å². The second-order valence-corrected chi connectivity index (χ2v) is 10.9. The lowest BCUT2D eigenvalue weighted by molar-refractivity contribution is 0.0692. The third kappa shape index (κ3) is 4.11. The first kappa shape index (κ1) is 25.2. The largest absolute Gasteiger partial charge is 0.478 e. The first-order valence-electron chi connectivity index (χ1n) is 13.6. The van der Waals surface area contributed by atoms with Crippen molar-refractivity contribution >= 4 is 29.1 Å². The first-order chi connectivity index (χ1) is 19.8. The number of aromatic carboxylic acids is 1. The van der Waals surface area contributed by atoms with Gasteiger partial charge < -0.3 is 20.2 Å². The maximum atomic E-state index is 13.7. The molecule has 2 fully saturated rings. The van der Waals surface area contributed by atoms with Crippen LogP contribution >= 0.6 is 0 Å². The fourth-order valence-electron chi connectivity index (χ4n) is 6.69. The van der Waals surface area contributed by atoms with Gasteiger partial charge in [0.25, 0.3) is 11.8 Å². The number of carbonyl (C=O) groups is 3. The van der Waals surface area contributed by atoms with Gasteiger partial charge in [0.15, 0.2) is 5.65 Å². The van der Waals surface area contributed by atoms with Crippen LogP contribution in [0.5, 0.6) is 0 Å². The lowest BCUT2D eigenvalue weighted by atomic mass is 9.98. The van der Waals surface area contributed by atoms with Crippen LogP contribution in [0.4, 0.5) is 10.1 Å². The quantitative estimate of drug-likeness (QED) is 0.388. The highest BCUT2D eigenvalue weighted by molar-refractivity contribution is 5.99. The number of nitrogens with zero attached hydrogens (tertiary/aromatic N) is 5. The van der Waals surface area contributed by atoms with E-state index >= 15 is 0 Å². The van der Waals surface area contributed by atoms with Gasteiger partial charge in [-0.05, 0) is 73.2 Å². The molecule has 2 N–H and O–H groups in total. The summed E-state index contributed by atoms with van der Waals surface area (Å²) in [5.41, 5.74) is 4.55. The molecular weight excluding hydrogens is 527 g/mol. The average Bonchev–Trinajstić information content (AvgIpc) is 3.76. The lowest BCUT2D eigenvalue weighted by Crippen LogP contribution is -2.49. The number of fused-ring (bicyclic) bond motifs is 4. The van der Waals surface area contributed by atoms with E-state index < -0.39 is 11.9 Å². The number of likely N-dealkylation sites (tertiary alicyclic amines) is 1. The van der Waals surface area contributed by atoms with Crippen molar-refractivity contribution in [3.63, 3.8) is 0 Å². The van der Waals surface area contributed by atoms with Gasteiger partial charge in [0.05, 0.1) is 23.8 Å². The second kappa shape index (κ2) is 9.39. The van der Waals surface area contributed by atoms with Crippen LogP contribution in [-0.2, 0) is 6.42 Å². The Hall–Kier alpha value is -4.80. The summed E-state index contributed by atoms with van der Waals surface area (Å²) in [6.07, 6.45) is 3.66. The lowest BCUT2D eigenvalue weighted by Gasteiger charge is -2.35. The van der Waals surface area contributed by atoms with Crippen LogP contribution in [0.2, 0.25) is 0 Å². The smallest absolute Gasteiger partial charge is 0.335 e. The molecule has 11 heteroatoms. The van der Waals surface area contributed by atoms with Crippen molar-refractivity contribution in [1.82, 2.24) is 24.8 Å². The summed E-state index contributed by atoms with van der Waals surface area (Å²) in [6, 6.07) is 12.7. The topological polar surface area (TPSA) is 120 Å². The van der Waals surface area contributed by atoms with E-state index in [1.54, 1.807) is 37.3 Å². The Bertz CT molecular complexity index is 1740. The van der Waals surface area contributed by atoms with E-state index in [9.17, 15) is 23.9 Å². The maximum Gasteiger partial charge on any atom is 0.335 e. The van der Waals surface area contributed by atoms with Crippen molar-refractivity contribution in [3.8, 4) is 0 Å². The Morgan fingerprint density at radius 3 is 2.59 bits per heavy atom. The molecule has 2 aromatic heterocycles. The van der Waals surface area contributed by atoms with Crippen molar-refractivity contribution in [2.75, 3.05) is 18.0 Å². The van der Waals surface area contributed by atoms with Crippen LogP contribution in [0.25, 0.3) is 5.65 Å². The normalized spacial score (nSPS) is 21.0. The molecule has 7 rings (SSSR count). The second-order valence-electron chi connectivity index (χ2n) is 10.9. The van der Waals surface area contributed by atoms with E-state index in [0.29, 0.717) is 31.6 Å². The summed E-state index contributed by atoms with van der Waals surface area (Å²) in [4.78, 5) is 47.4.